The fraction of sp³-hybridized carbons (Fsp3) is 0.222. The van der Waals surface area contributed by atoms with Crippen LogP contribution in [0.4, 0.5) is 11.4 Å². The molecular weight excluding hydrogens is 316 g/mol. The van der Waals surface area contributed by atoms with Crippen LogP contribution < -0.4 is 10.2 Å². The molecule has 25 heavy (non-hydrogen) atoms. The average molecular weight is 336 g/mol. The molecule has 0 spiro atoms. The van der Waals surface area contributed by atoms with Gasteiger partial charge in [0.15, 0.2) is 0 Å². The van der Waals surface area contributed by atoms with E-state index in [1.54, 1.807) is 4.68 Å². The molecule has 128 valence electrons. The number of carbonyl (C=O) groups excluding carboxylic acids is 1. The second-order valence-corrected chi connectivity index (χ2v) is 5.91. The lowest BCUT2D eigenvalue weighted by molar-refractivity contribution is -0.116. The SMILES string of the molecule is CN(C)c1ccc(CCC(=O)Nc2ccc(-n3cnnn3)cc2)cc1. The smallest absolute Gasteiger partial charge is 0.224 e. The highest BCUT2D eigenvalue weighted by Gasteiger charge is 2.05. The summed E-state index contributed by atoms with van der Waals surface area (Å²) in [6, 6.07) is 15.6. The van der Waals surface area contributed by atoms with Crippen LogP contribution in [0.2, 0.25) is 0 Å². The number of rotatable bonds is 6. The maximum atomic E-state index is 12.1. The Morgan fingerprint density at radius 1 is 1.08 bits per heavy atom. The van der Waals surface area contributed by atoms with Crippen LogP contribution in [0.15, 0.2) is 54.9 Å². The Bertz CT molecular complexity index is 810. The standard InChI is InChI=1S/C18H20N6O/c1-23(2)16-8-3-14(4-9-16)5-12-18(25)20-15-6-10-17(11-7-15)24-13-19-21-22-24/h3-4,6-11,13H,5,12H2,1-2H3,(H,20,25). The predicted molar refractivity (Wildman–Crippen MR) is 96.9 cm³/mol. The van der Waals surface area contributed by atoms with Crippen LogP contribution in [0.1, 0.15) is 12.0 Å². The number of nitrogens with zero attached hydrogens (tertiary/aromatic N) is 5. The summed E-state index contributed by atoms with van der Waals surface area (Å²) < 4.78 is 1.56. The average Bonchev–Trinajstić information content (AvgIpc) is 3.15. The quantitative estimate of drug-likeness (QED) is 0.747. The summed E-state index contributed by atoms with van der Waals surface area (Å²) in [6.45, 7) is 0. The van der Waals surface area contributed by atoms with Crippen LogP contribution in [0.25, 0.3) is 5.69 Å². The highest BCUT2D eigenvalue weighted by molar-refractivity contribution is 5.90. The van der Waals surface area contributed by atoms with E-state index in [2.05, 4.69) is 50.0 Å². The van der Waals surface area contributed by atoms with Gasteiger partial charge in [-0.05, 0) is 58.8 Å². The molecule has 0 aliphatic heterocycles. The Balaban J connectivity index is 1.52. The summed E-state index contributed by atoms with van der Waals surface area (Å²) in [5, 5.41) is 13.9. The molecule has 7 heteroatoms. The lowest BCUT2D eigenvalue weighted by Crippen LogP contribution is -2.12. The lowest BCUT2D eigenvalue weighted by Gasteiger charge is -2.12. The van der Waals surface area contributed by atoms with Crippen molar-refractivity contribution in [2.75, 3.05) is 24.3 Å². The summed E-state index contributed by atoms with van der Waals surface area (Å²) >= 11 is 0. The van der Waals surface area contributed by atoms with Gasteiger partial charge in [-0.3, -0.25) is 4.79 Å². The molecule has 1 heterocycles. The Kier molecular flexibility index (Phi) is 5.03. The van der Waals surface area contributed by atoms with E-state index in [9.17, 15) is 4.79 Å². The van der Waals surface area contributed by atoms with E-state index in [0.717, 1.165) is 22.6 Å². The first-order chi connectivity index (χ1) is 12.1. The molecule has 1 aromatic heterocycles. The van der Waals surface area contributed by atoms with Crippen LogP contribution in [0.5, 0.6) is 0 Å². The lowest BCUT2D eigenvalue weighted by atomic mass is 10.1. The zero-order chi connectivity index (χ0) is 17.6. The molecule has 0 bridgehead atoms. The van der Waals surface area contributed by atoms with Gasteiger partial charge >= 0.3 is 0 Å². The first kappa shape index (κ1) is 16.6. The van der Waals surface area contributed by atoms with Crippen molar-refractivity contribution in [2.24, 2.45) is 0 Å². The number of hydrogen-bond donors (Lipinski definition) is 1. The van der Waals surface area contributed by atoms with Crippen molar-refractivity contribution < 1.29 is 4.79 Å². The second-order valence-electron chi connectivity index (χ2n) is 5.91. The van der Waals surface area contributed by atoms with Crippen molar-refractivity contribution in [2.45, 2.75) is 12.8 Å². The van der Waals surface area contributed by atoms with Gasteiger partial charge in [-0.2, -0.15) is 0 Å². The molecule has 0 fully saturated rings. The van der Waals surface area contributed by atoms with Crippen LogP contribution in [-0.4, -0.2) is 40.2 Å². The normalized spacial score (nSPS) is 10.5. The minimum atomic E-state index is -0.00754. The molecule has 7 nitrogen and oxygen atoms in total. The predicted octanol–water partition coefficient (Wildman–Crippen LogP) is 2.30. The van der Waals surface area contributed by atoms with E-state index in [4.69, 9.17) is 0 Å². The third-order valence-corrected chi connectivity index (χ3v) is 3.86. The number of aryl methyl sites for hydroxylation is 1. The molecule has 0 aliphatic carbocycles. The van der Waals surface area contributed by atoms with Gasteiger partial charge in [-0.25, -0.2) is 4.68 Å². The maximum Gasteiger partial charge on any atom is 0.224 e. The van der Waals surface area contributed by atoms with Gasteiger partial charge in [0, 0.05) is 31.9 Å². The van der Waals surface area contributed by atoms with Crippen molar-refractivity contribution in [3.8, 4) is 5.69 Å². The van der Waals surface area contributed by atoms with Gasteiger partial charge in [0.05, 0.1) is 5.69 Å². The van der Waals surface area contributed by atoms with Gasteiger partial charge in [0.2, 0.25) is 5.91 Å². The van der Waals surface area contributed by atoms with Crippen molar-refractivity contribution in [3.63, 3.8) is 0 Å². The molecule has 0 unspecified atom stereocenters. The molecule has 0 saturated heterocycles. The van der Waals surface area contributed by atoms with Gasteiger partial charge in [-0.15, -0.1) is 5.10 Å². The highest BCUT2D eigenvalue weighted by Crippen LogP contribution is 2.15. The number of amides is 1. The Hall–Kier alpha value is -3.22. The zero-order valence-electron chi connectivity index (χ0n) is 14.3. The van der Waals surface area contributed by atoms with Crippen LogP contribution in [0, 0.1) is 0 Å². The van der Waals surface area contributed by atoms with Crippen LogP contribution in [0.3, 0.4) is 0 Å². The summed E-state index contributed by atoms with van der Waals surface area (Å²) in [5.74, 6) is -0.00754. The van der Waals surface area contributed by atoms with Gasteiger partial charge < -0.3 is 10.2 Å². The molecule has 0 aliphatic rings. The molecule has 3 aromatic rings. The third kappa shape index (κ3) is 4.41. The summed E-state index contributed by atoms with van der Waals surface area (Å²) in [4.78, 5) is 14.2. The molecule has 2 aromatic carbocycles. The van der Waals surface area contributed by atoms with E-state index in [-0.39, 0.29) is 5.91 Å². The fourth-order valence-electron chi connectivity index (χ4n) is 2.42. The van der Waals surface area contributed by atoms with E-state index in [0.29, 0.717) is 12.8 Å². The number of anilines is 2. The first-order valence-corrected chi connectivity index (χ1v) is 8.01. The summed E-state index contributed by atoms with van der Waals surface area (Å²) in [7, 11) is 4.01. The van der Waals surface area contributed by atoms with Crippen LogP contribution >= 0.6 is 0 Å². The van der Waals surface area contributed by atoms with E-state index >= 15 is 0 Å². The first-order valence-electron chi connectivity index (χ1n) is 8.01. The van der Waals surface area contributed by atoms with Crippen molar-refractivity contribution in [1.82, 2.24) is 20.2 Å². The number of aromatic nitrogens is 4. The molecular formula is C18H20N6O. The van der Waals surface area contributed by atoms with Crippen molar-refractivity contribution in [1.29, 1.82) is 0 Å². The minimum Gasteiger partial charge on any atom is -0.378 e. The molecule has 1 N–H and O–H groups in total. The summed E-state index contributed by atoms with van der Waals surface area (Å²) in [6.07, 6.45) is 2.67. The monoisotopic (exact) mass is 336 g/mol. The topological polar surface area (TPSA) is 75.9 Å². The second kappa shape index (κ2) is 7.57. The minimum absolute atomic E-state index is 0.00754. The Morgan fingerprint density at radius 2 is 1.80 bits per heavy atom. The molecule has 1 amide bonds. The Morgan fingerprint density at radius 3 is 2.40 bits per heavy atom. The van der Waals surface area contributed by atoms with Gasteiger partial charge in [0.1, 0.15) is 6.33 Å². The third-order valence-electron chi connectivity index (χ3n) is 3.86. The zero-order valence-corrected chi connectivity index (χ0v) is 14.3. The van der Waals surface area contributed by atoms with Gasteiger partial charge in [-0.1, -0.05) is 12.1 Å². The number of nitrogens with one attached hydrogen (secondary N) is 1. The summed E-state index contributed by atoms with van der Waals surface area (Å²) in [5.41, 5.74) is 3.89. The maximum absolute atomic E-state index is 12.1. The Labute approximate surface area is 146 Å². The number of hydrogen-bond acceptors (Lipinski definition) is 5. The van der Waals surface area contributed by atoms with Gasteiger partial charge in [0.25, 0.3) is 0 Å². The number of tetrazole rings is 1. The molecule has 0 radical (unpaired) electrons. The molecule has 0 saturated carbocycles. The van der Waals surface area contributed by atoms with Crippen molar-refractivity contribution >= 4 is 17.3 Å². The van der Waals surface area contributed by atoms with E-state index in [1.807, 2.05) is 38.4 Å². The van der Waals surface area contributed by atoms with E-state index < -0.39 is 0 Å². The van der Waals surface area contributed by atoms with E-state index in [1.165, 1.54) is 6.33 Å². The van der Waals surface area contributed by atoms with Crippen LogP contribution in [-0.2, 0) is 11.2 Å². The highest BCUT2D eigenvalue weighted by atomic mass is 16.1. The fourth-order valence-corrected chi connectivity index (χ4v) is 2.42. The molecule has 3 rings (SSSR count). The largest absolute Gasteiger partial charge is 0.378 e. The molecule has 0 atom stereocenters. The number of benzene rings is 2. The number of carbonyl (C=O) groups is 1. The van der Waals surface area contributed by atoms with Crippen molar-refractivity contribution in [3.05, 3.63) is 60.4 Å².